The van der Waals surface area contributed by atoms with Gasteiger partial charge in [-0.1, -0.05) is 84.9 Å². The zero-order valence-electron chi connectivity index (χ0n) is 24.5. The molecular formula is C35H42N4O2S. The quantitative estimate of drug-likeness (QED) is 0.136. The van der Waals surface area contributed by atoms with E-state index in [-0.39, 0.29) is 12.1 Å². The standard InChI is InChI=1S/C35H42N4O2S/c1-28(33-14-7-10-31-9-5-6-13-34(31)33)37-35(40)39(22-8-21-38-23-25-41-26-24-38)27-30-17-15-29(16-18-30)19-20-36-42-32-11-3-2-4-12-32/h2-7,9-18,28,36H,8,19-27H2,1H3,(H,37,40)/t28-/m0/s1. The molecule has 2 N–H and O–H groups in total. The minimum Gasteiger partial charge on any atom is -0.379 e. The number of benzene rings is 4. The van der Waals surface area contributed by atoms with Crippen LogP contribution in [-0.2, 0) is 17.7 Å². The van der Waals surface area contributed by atoms with E-state index in [0.717, 1.165) is 63.4 Å². The average Bonchev–Trinajstić information content (AvgIpc) is 3.04. The number of urea groups is 1. The molecule has 220 valence electrons. The Kier molecular flexibility index (Phi) is 11.3. The number of rotatable bonds is 13. The third kappa shape index (κ3) is 8.82. The van der Waals surface area contributed by atoms with Crippen molar-refractivity contribution in [1.82, 2.24) is 19.8 Å². The van der Waals surface area contributed by atoms with Gasteiger partial charge in [0.15, 0.2) is 0 Å². The van der Waals surface area contributed by atoms with Gasteiger partial charge in [-0.25, -0.2) is 4.79 Å². The van der Waals surface area contributed by atoms with Gasteiger partial charge in [-0.05, 0) is 71.3 Å². The van der Waals surface area contributed by atoms with Crippen molar-refractivity contribution in [3.05, 3.63) is 114 Å². The van der Waals surface area contributed by atoms with Gasteiger partial charge in [-0.2, -0.15) is 0 Å². The maximum absolute atomic E-state index is 13.7. The minimum absolute atomic E-state index is 0.0244. The third-order valence-corrected chi connectivity index (χ3v) is 8.62. The molecule has 4 aromatic rings. The highest BCUT2D eigenvalue weighted by molar-refractivity contribution is 7.97. The van der Waals surface area contributed by atoms with Gasteiger partial charge in [-0.15, -0.1) is 0 Å². The summed E-state index contributed by atoms with van der Waals surface area (Å²) in [6, 6.07) is 33.6. The summed E-state index contributed by atoms with van der Waals surface area (Å²) in [5.41, 5.74) is 3.57. The molecule has 1 fully saturated rings. The maximum atomic E-state index is 13.7. The van der Waals surface area contributed by atoms with Gasteiger partial charge in [0, 0.05) is 44.2 Å². The van der Waals surface area contributed by atoms with E-state index in [2.05, 4.69) is 113 Å². The summed E-state index contributed by atoms with van der Waals surface area (Å²) in [5, 5.41) is 5.67. The molecule has 4 aromatic carbocycles. The number of fused-ring (bicyclic) bond motifs is 1. The number of carbonyl (C=O) groups excluding carboxylic acids is 1. The number of carbonyl (C=O) groups is 1. The van der Waals surface area contributed by atoms with E-state index in [9.17, 15) is 4.79 Å². The van der Waals surface area contributed by atoms with Crippen molar-refractivity contribution in [3.63, 3.8) is 0 Å². The van der Waals surface area contributed by atoms with Crippen LogP contribution < -0.4 is 10.0 Å². The smallest absolute Gasteiger partial charge is 0.318 e. The van der Waals surface area contributed by atoms with Crippen LogP contribution in [0.3, 0.4) is 0 Å². The lowest BCUT2D eigenvalue weighted by Gasteiger charge is -2.29. The van der Waals surface area contributed by atoms with Crippen molar-refractivity contribution in [2.75, 3.05) is 45.9 Å². The normalized spacial score (nSPS) is 14.5. The highest BCUT2D eigenvalue weighted by Crippen LogP contribution is 2.24. The van der Waals surface area contributed by atoms with Gasteiger partial charge in [0.1, 0.15) is 0 Å². The van der Waals surface area contributed by atoms with Crippen LogP contribution in [0.1, 0.15) is 36.1 Å². The molecule has 0 radical (unpaired) electrons. The first kappa shape index (κ1) is 30.1. The van der Waals surface area contributed by atoms with Gasteiger partial charge < -0.3 is 15.0 Å². The Morgan fingerprint density at radius 2 is 1.62 bits per heavy atom. The number of hydrogen-bond donors (Lipinski definition) is 2. The topological polar surface area (TPSA) is 56.8 Å². The molecule has 1 aliphatic heterocycles. The van der Waals surface area contributed by atoms with Crippen LogP contribution in [0.5, 0.6) is 0 Å². The minimum atomic E-state index is -0.103. The zero-order valence-corrected chi connectivity index (χ0v) is 25.3. The fraction of sp³-hybridized carbons (Fsp3) is 0.343. The molecule has 0 saturated carbocycles. The Balaban J connectivity index is 1.19. The molecule has 1 aliphatic rings. The largest absolute Gasteiger partial charge is 0.379 e. The molecular weight excluding hydrogens is 540 g/mol. The Hall–Kier alpha value is -3.36. The van der Waals surface area contributed by atoms with Gasteiger partial charge in [0.05, 0.1) is 19.3 Å². The average molecular weight is 583 g/mol. The second kappa shape index (κ2) is 15.8. The molecule has 7 heteroatoms. The van der Waals surface area contributed by atoms with Crippen molar-refractivity contribution in [2.24, 2.45) is 0 Å². The lowest BCUT2D eigenvalue weighted by molar-refractivity contribution is 0.0364. The van der Waals surface area contributed by atoms with Crippen molar-refractivity contribution in [1.29, 1.82) is 0 Å². The number of hydrogen-bond acceptors (Lipinski definition) is 5. The zero-order chi connectivity index (χ0) is 29.0. The predicted octanol–water partition coefficient (Wildman–Crippen LogP) is 6.67. The summed E-state index contributed by atoms with van der Waals surface area (Å²) in [4.78, 5) is 19.3. The fourth-order valence-corrected chi connectivity index (χ4v) is 6.06. The lowest BCUT2D eigenvalue weighted by atomic mass is 10.00. The molecule has 1 heterocycles. The Bertz CT molecular complexity index is 1390. The first-order valence-corrected chi connectivity index (χ1v) is 15.8. The maximum Gasteiger partial charge on any atom is 0.318 e. The first-order valence-electron chi connectivity index (χ1n) is 15.0. The molecule has 1 saturated heterocycles. The van der Waals surface area contributed by atoms with Crippen LogP contribution in [0.25, 0.3) is 10.8 Å². The van der Waals surface area contributed by atoms with E-state index < -0.39 is 0 Å². The first-order chi connectivity index (χ1) is 20.7. The summed E-state index contributed by atoms with van der Waals surface area (Å²) < 4.78 is 8.95. The van der Waals surface area contributed by atoms with Gasteiger partial charge in [0.2, 0.25) is 0 Å². The van der Waals surface area contributed by atoms with E-state index in [1.807, 2.05) is 11.0 Å². The molecule has 0 spiro atoms. The van der Waals surface area contributed by atoms with Crippen LogP contribution in [0.4, 0.5) is 4.79 Å². The molecule has 1 atom stereocenters. The number of nitrogens with one attached hydrogen (secondary N) is 2. The van der Waals surface area contributed by atoms with E-state index in [0.29, 0.717) is 13.1 Å². The number of nitrogens with zero attached hydrogens (tertiary/aromatic N) is 2. The molecule has 6 nitrogen and oxygen atoms in total. The predicted molar refractivity (Wildman–Crippen MR) is 174 cm³/mol. The molecule has 0 unspecified atom stereocenters. The van der Waals surface area contributed by atoms with Gasteiger partial charge >= 0.3 is 6.03 Å². The molecule has 0 bridgehead atoms. The van der Waals surface area contributed by atoms with E-state index in [4.69, 9.17) is 4.74 Å². The summed E-state index contributed by atoms with van der Waals surface area (Å²) in [7, 11) is 0. The molecule has 0 aromatic heterocycles. The number of amides is 2. The highest BCUT2D eigenvalue weighted by Gasteiger charge is 2.19. The van der Waals surface area contributed by atoms with Crippen LogP contribution in [-0.4, -0.2) is 61.8 Å². The molecule has 5 rings (SSSR count). The second-order valence-corrected chi connectivity index (χ2v) is 11.8. The highest BCUT2D eigenvalue weighted by atomic mass is 32.2. The SMILES string of the molecule is C[C@H](NC(=O)N(CCCN1CCOCC1)Cc1ccc(CCNSc2ccccc2)cc1)c1cccc2ccccc12. The van der Waals surface area contributed by atoms with Crippen molar-refractivity contribution < 1.29 is 9.53 Å². The van der Waals surface area contributed by atoms with Gasteiger partial charge in [0.25, 0.3) is 0 Å². The summed E-state index contributed by atoms with van der Waals surface area (Å²) in [6.45, 7) is 8.73. The Labute approximate surface area is 254 Å². The van der Waals surface area contributed by atoms with Crippen molar-refractivity contribution in [3.8, 4) is 0 Å². The Morgan fingerprint density at radius 1 is 0.905 bits per heavy atom. The lowest BCUT2D eigenvalue weighted by Crippen LogP contribution is -2.43. The summed E-state index contributed by atoms with van der Waals surface area (Å²) >= 11 is 1.66. The van der Waals surface area contributed by atoms with Crippen molar-refractivity contribution in [2.45, 2.75) is 37.2 Å². The monoisotopic (exact) mass is 582 g/mol. The summed E-state index contributed by atoms with van der Waals surface area (Å²) in [5.74, 6) is 0. The van der Waals surface area contributed by atoms with Gasteiger partial charge in [-0.3, -0.25) is 9.62 Å². The van der Waals surface area contributed by atoms with Crippen molar-refractivity contribution >= 4 is 28.8 Å². The molecule has 42 heavy (non-hydrogen) atoms. The molecule has 2 amide bonds. The van der Waals surface area contributed by atoms with E-state index in [1.165, 1.54) is 21.2 Å². The number of morpholine rings is 1. The molecule has 0 aliphatic carbocycles. The third-order valence-electron chi connectivity index (χ3n) is 7.77. The van der Waals surface area contributed by atoms with Crippen LogP contribution in [0, 0.1) is 0 Å². The second-order valence-electron chi connectivity index (χ2n) is 10.8. The van der Waals surface area contributed by atoms with Crippen LogP contribution in [0.2, 0.25) is 0 Å². The Morgan fingerprint density at radius 3 is 2.43 bits per heavy atom. The summed E-state index contributed by atoms with van der Waals surface area (Å²) in [6.07, 6.45) is 1.88. The van der Waals surface area contributed by atoms with Crippen LogP contribution in [0.15, 0.2) is 102 Å². The number of ether oxygens (including phenoxy) is 1. The van der Waals surface area contributed by atoms with E-state index in [1.54, 1.807) is 11.9 Å². The van der Waals surface area contributed by atoms with Crippen LogP contribution >= 0.6 is 11.9 Å². The van der Waals surface area contributed by atoms with E-state index >= 15 is 0 Å². The fourth-order valence-electron chi connectivity index (χ4n) is 5.39.